The SMILES string of the molecule is Cc1cc(-c2cccc(-c3ncc(-c4cnn(C5CCC(O)CC5)c4)cn3)c2)cnn1. The topological polar surface area (TPSA) is 89.6 Å². The van der Waals surface area contributed by atoms with Crippen LogP contribution in [0.1, 0.15) is 37.4 Å². The van der Waals surface area contributed by atoms with Gasteiger partial charge >= 0.3 is 0 Å². The Balaban J connectivity index is 1.36. The first-order chi connectivity index (χ1) is 15.2. The highest BCUT2D eigenvalue weighted by Gasteiger charge is 2.21. The van der Waals surface area contributed by atoms with E-state index in [0.717, 1.165) is 59.2 Å². The minimum atomic E-state index is -0.162. The average Bonchev–Trinajstić information content (AvgIpc) is 3.30. The lowest BCUT2D eigenvalue weighted by Crippen LogP contribution is -2.21. The van der Waals surface area contributed by atoms with E-state index in [1.54, 1.807) is 6.20 Å². The van der Waals surface area contributed by atoms with Crippen LogP contribution >= 0.6 is 0 Å². The van der Waals surface area contributed by atoms with Gasteiger partial charge < -0.3 is 5.11 Å². The maximum Gasteiger partial charge on any atom is 0.159 e. The molecule has 1 aliphatic rings. The van der Waals surface area contributed by atoms with Gasteiger partial charge in [0.2, 0.25) is 0 Å². The number of hydrogen-bond acceptors (Lipinski definition) is 6. The molecule has 1 aromatic carbocycles. The number of nitrogens with zero attached hydrogens (tertiary/aromatic N) is 6. The van der Waals surface area contributed by atoms with E-state index >= 15 is 0 Å². The largest absolute Gasteiger partial charge is 0.393 e. The van der Waals surface area contributed by atoms with Crippen molar-refractivity contribution in [2.75, 3.05) is 0 Å². The second-order valence-corrected chi connectivity index (χ2v) is 8.13. The molecule has 0 bridgehead atoms. The molecular weight excluding hydrogens is 388 g/mol. The number of aliphatic hydroxyl groups excluding tert-OH is 1. The lowest BCUT2D eigenvalue weighted by atomic mass is 9.93. The molecular formula is C24H24N6O. The van der Waals surface area contributed by atoms with Crippen LogP contribution < -0.4 is 0 Å². The summed E-state index contributed by atoms with van der Waals surface area (Å²) in [5.41, 5.74) is 5.86. The van der Waals surface area contributed by atoms with Crippen LogP contribution in [0.25, 0.3) is 33.6 Å². The predicted molar refractivity (Wildman–Crippen MR) is 118 cm³/mol. The van der Waals surface area contributed by atoms with Gasteiger partial charge in [-0.1, -0.05) is 18.2 Å². The third-order valence-electron chi connectivity index (χ3n) is 5.86. The zero-order valence-corrected chi connectivity index (χ0v) is 17.4. The number of aliphatic hydroxyl groups is 1. The van der Waals surface area contributed by atoms with Gasteiger partial charge in [0.15, 0.2) is 5.82 Å². The third kappa shape index (κ3) is 4.22. The van der Waals surface area contributed by atoms with Crippen molar-refractivity contribution in [2.24, 2.45) is 0 Å². The Kier molecular flexibility index (Phi) is 5.26. The number of benzene rings is 1. The van der Waals surface area contributed by atoms with Crippen LogP contribution in [-0.2, 0) is 0 Å². The summed E-state index contributed by atoms with van der Waals surface area (Å²) in [5, 5.41) is 22.3. The van der Waals surface area contributed by atoms with Crippen molar-refractivity contribution in [3.8, 4) is 33.6 Å². The second-order valence-electron chi connectivity index (χ2n) is 8.13. The summed E-state index contributed by atoms with van der Waals surface area (Å²) in [6.07, 6.45) is 12.8. The van der Waals surface area contributed by atoms with E-state index in [-0.39, 0.29) is 6.10 Å². The van der Waals surface area contributed by atoms with Gasteiger partial charge in [0, 0.05) is 40.8 Å². The molecule has 5 rings (SSSR count). The normalized spacial score (nSPS) is 18.8. The van der Waals surface area contributed by atoms with Crippen molar-refractivity contribution < 1.29 is 5.11 Å². The maximum absolute atomic E-state index is 9.72. The second kappa shape index (κ2) is 8.35. The van der Waals surface area contributed by atoms with Gasteiger partial charge in [-0.3, -0.25) is 4.68 Å². The fourth-order valence-corrected chi connectivity index (χ4v) is 4.10. The van der Waals surface area contributed by atoms with Gasteiger partial charge in [-0.15, -0.1) is 0 Å². The van der Waals surface area contributed by atoms with Gasteiger partial charge in [-0.05, 0) is 50.3 Å². The van der Waals surface area contributed by atoms with Crippen molar-refractivity contribution in [3.05, 3.63) is 67.0 Å². The van der Waals surface area contributed by atoms with Crippen LogP contribution in [-0.4, -0.2) is 41.2 Å². The zero-order valence-electron chi connectivity index (χ0n) is 17.4. The smallest absolute Gasteiger partial charge is 0.159 e. The Morgan fingerprint density at radius 3 is 2.39 bits per heavy atom. The Labute approximate surface area is 180 Å². The molecule has 0 aliphatic heterocycles. The van der Waals surface area contributed by atoms with E-state index in [2.05, 4.69) is 37.5 Å². The van der Waals surface area contributed by atoms with E-state index in [1.165, 1.54) is 0 Å². The Bertz CT molecular complexity index is 1180. The molecule has 4 aromatic rings. The highest BCUT2D eigenvalue weighted by atomic mass is 16.3. The molecule has 0 saturated heterocycles. The highest BCUT2D eigenvalue weighted by Crippen LogP contribution is 2.30. The van der Waals surface area contributed by atoms with Gasteiger partial charge in [0.05, 0.1) is 30.2 Å². The summed E-state index contributed by atoms with van der Waals surface area (Å²) in [6.45, 7) is 1.93. The molecule has 1 aliphatic carbocycles. The van der Waals surface area contributed by atoms with E-state index < -0.39 is 0 Å². The van der Waals surface area contributed by atoms with Crippen molar-refractivity contribution >= 4 is 0 Å². The molecule has 0 atom stereocenters. The summed E-state index contributed by atoms with van der Waals surface area (Å²) in [4.78, 5) is 9.20. The summed E-state index contributed by atoms with van der Waals surface area (Å²) in [7, 11) is 0. The first kappa shape index (κ1) is 19.5. The fourth-order valence-electron chi connectivity index (χ4n) is 4.10. The van der Waals surface area contributed by atoms with Crippen molar-refractivity contribution in [1.82, 2.24) is 29.9 Å². The van der Waals surface area contributed by atoms with Crippen LogP contribution in [0.4, 0.5) is 0 Å². The molecule has 0 amide bonds. The Morgan fingerprint density at radius 2 is 1.61 bits per heavy atom. The van der Waals surface area contributed by atoms with Gasteiger partial charge in [-0.25, -0.2) is 9.97 Å². The minimum absolute atomic E-state index is 0.162. The fraction of sp³-hybridized carbons (Fsp3) is 0.292. The molecule has 156 valence electrons. The quantitative estimate of drug-likeness (QED) is 0.539. The van der Waals surface area contributed by atoms with Crippen LogP contribution in [0.2, 0.25) is 0 Å². The van der Waals surface area contributed by atoms with Crippen LogP contribution in [0.15, 0.2) is 61.3 Å². The van der Waals surface area contributed by atoms with E-state index in [4.69, 9.17) is 0 Å². The maximum atomic E-state index is 9.72. The number of aromatic nitrogens is 6. The van der Waals surface area contributed by atoms with E-state index in [9.17, 15) is 5.11 Å². The molecule has 0 spiro atoms. The van der Waals surface area contributed by atoms with Crippen LogP contribution in [0.3, 0.4) is 0 Å². The molecule has 7 heteroatoms. The average molecular weight is 412 g/mol. The summed E-state index contributed by atoms with van der Waals surface area (Å²) in [5.74, 6) is 0.679. The molecule has 0 unspecified atom stereocenters. The standard InChI is InChI=1S/C24H24N6O/c1-16-9-19(13-27-29-16)17-3-2-4-18(10-17)24-25-11-20(12-26-24)21-14-28-30(15-21)22-5-7-23(31)8-6-22/h2-4,9-15,22-23,31H,5-8H2,1H3. The Hall–Kier alpha value is -3.45. The predicted octanol–water partition coefficient (Wildman–Crippen LogP) is 4.25. The van der Waals surface area contributed by atoms with Crippen molar-refractivity contribution in [2.45, 2.75) is 44.8 Å². The van der Waals surface area contributed by atoms with Crippen molar-refractivity contribution in [3.63, 3.8) is 0 Å². The number of hydrogen-bond donors (Lipinski definition) is 1. The molecule has 31 heavy (non-hydrogen) atoms. The number of rotatable bonds is 4. The summed E-state index contributed by atoms with van der Waals surface area (Å²) in [6, 6.07) is 10.5. The molecule has 7 nitrogen and oxygen atoms in total. The van der Waals surface area contributed by atoms with Gasteiger partial charge in [0.1, 0.15) is 0 Å². The monoisotopic (exact) mass is 412 g/mol. The number of aryl methyl sites for hydroxylation is 1. The molecule has 1 saturated carbocycles. The van der Waals surface area contributed by atoms with Gasteiger partial charge in [0.25, 0.3) is 0 Å². The summed E-state index contributed by atoms with van der Waals surface area (Å²) < 4.78 is 2.02. The lowest BCUT2D eigenvalue weighted by Gasteiger charge is -2.25. The lowest BCUT2D eigenvalue weighted by molar-refractivity contribution is 0.108. The third-order valence-corrected chi connectivity index (χ3v) is 5.86. The first-order valence-corrected chi connectivity index (χ1v) is 10.6. The van der Waals surface area contributed by atoms with Gasteiger partial charge in [-0.2, -0.15) is 15.3 Å². The van der Waals surface area contributed by atoms with Crippen LogP contribution in [0, 0.1) is 6.92 Å². The summed E-state index contributed by atoms with van der Waals surface area (Å²) >= 11 is 0. The van der Waals surface area contributed by atoms with E-state index in [0.29, 0.717) is 11.9 Å². The molecule has 1 N–H and O–H groups in total. The zero-order chi connectivity index (χ0) is 21.2. The highest BCUT2D eigenvalue weighted by molar-refractivity contribution is 5.70. The minimum Gasteiger partial charge on any atom is -0.393 e. The Morgan fingerprint density at radius 1 is 0.839 bits per heavy atom. The molecule has 3 aromatic heterocycles. The molecule has 3 heterocycles. The van der Waals surface area contributed by atoms with Crippen LogP contribution in [0.5, 0.6) is 0 Å². The first-order valence-electron chi connectivity index (χ1n) is 10.6. The molecule has 1 fully saturated rings. The van der Waals surface area contributed by atoms with E-state index in [1.807, 2.05) is 54.5 Å². The van der Waals surface area contributed by atoms with Crippen molar-refractivity contribution in [1.29, 1.82) is 0 Å². The molecule has 0 radical (unpaired) electrons.